The lowest BCUT2D eigenvalue weighted by molar-refractivity contribution is -0.115. The summed E-state index contributed by atoms with van der Waals surface area (Å²) in [6.07, 6.45) is 1.01. The van der Waals surface area contributed by atoms with Crippen LogP contribution in [0.25, 0.3) is 10.7 Å². The molecule has 0 spiro atoms. The van der Waals surface area contributed by atoms with Crippen molar-refractivity contribution in [1.82, 2.24) is 24.5 Å². The summed E-state index contributed by atoms with van der Waals surface area (Å²) in [5, 5.41) is 15.0. The molecule has 9 nitrogen and oxygen atoms in total. The van der Waals surface area contributed by atoms with Crippen molar-refractivity contribution < 1.29 is 13.2 Å². The van der Waals surface area contributed by atoms with Crippen molar-refractivity contribution in [3.05, 3.63) is 28.9 Å². The number of thioether (sulfide) groups is 1. The molecule has 0 fully saturated rings. The zero-order chi connectivity index (χ0) is 20.6. The molecule has 3 aromatic rings. The van der Waals surface area contributed by atoms with Crippen molar-refractivity contribution in [3.8, 4) is 10.7 Å². The highest BCUT2D eigenvalue weighted by molar-refractivity contribution is 8.00. The van der Waals surface area contributed by atoms with E-state index in [1.807, 2.05) is 24.6 Å². The average Bonchev–Trinajstić information content (AvgIpc) is 3.29. The molecule has 0 bridgehead atoms. The lowest BCUT2D eigenvalue weighted by atomic mass is 10.3. The van der Waals surface area contributed by atoms with E-state index in [0.29, 0.717) is 28.1 Å². The van der Waals surface area contributed by atoms with Gasteiger partial charge in [0.05, 0.1) is 28.3 Å². The monoisotopic (exact) mass is 440 g/mol. The fourth-order valence-corrected chi connectivity index (χ4v) is 5.39. The average molecular weight is 441 g/mol. The van der Waals surface area contributed by atoms with E-state index in [1.54, 1.807) is 41.5 Å². The normalized spacial score (nSPS) is 11.8. The number of carbonyl (C=O) groups is 1. The molecule has 28 heavy (non-hydrogen) atoms. The van der Waals surface area contributed by atoms with Gasteiger partial charge in [-0.05, 0) is 25.3 Å². The second kappa shape index (κ2) is 7.68. The molecule has 0 aliphatic heterocycles. The Labute approximate surface area is 171 Å². The summed E-state index contributed by atoms with van der Waals surface area (Å²) in [4.78, 5) is 13.8. The third kappa shape index (κ3) is 3.84. The van der Waals surface area contributed by atoms with E-state index in [-0.39, 0.29) is 5.75 Å². The molecular weight excluding hydrogens is 420 g/mol. The Hall–Kier alpha value is -2.18. The first-order valence-electron chi connectivity index (χ1n) is 8.20. The molecular formula is C16H20N6O3S3. The summed E-state index contributed by atoms with van der Waals surface area (Å²) < 4.78 is 28.9. The Balaban J connectivity index is 1.84. The number of aromatic nitrogens is 5. The molecule has 0 saturated carbocycles. The molecule has 3 heterocycles. The molecule has 0 N–H and O–H groups in total. The van der Waals surface area contributed by atoms with Gasteiger partial charge in [-0.2, -0.15) is 5.10 Å². The number of carbonyl (C=O) groups excluding carboxylic acids is 1. The van der Waals surface area contributed by atoms with Crippen molar-refractivity contribution in [1.29, 1.82) is 0 Å². The Kier molecular flexibility index (Phi) is 5.64. The van der Waals surface area contributed by atoms with Crippen molar-refractivity contribution in [2.45, 2.75) is 19.0 Å². The van der Waals surface area contributed by atoms with Crippen LogP contribution in [0.3, 0.4) is 0 Å². The summed E-state index contributed by atoms with van der Waals surface area (Å²) in [5.74, 6) is 0.0355. The molecule has 150 valence electrons. The second-order valence-electron chi connectivity index (χ2n) is 6.20. The molecule has 3 aromatic heterocycles. The highest BCUT2D eigenvalue weighted by Crippen LogP contribution is 2.29. The molecule has 0 aliphatic rings. The van der Waals surface area contributed by atoms with Gasteiger partial charge in [-0.25, -0.2) is 12.7 Å². The van der Waals surface area contributed by atoms with Crippen molar-refractivity contribution in [2.75, 3.05) is 16.3 Å². The quantitative estimate of drug-likeness (QED) is 0.540. The maximum atomic E-state index is 12.9. The van der Waals surface area contributed by atoms with Gasteiger partial charge in [0.2, 0.25) is 10.0 Å². The molecule has 12 heteroatoms. The first kappa shape index (κ1) is 20.6. The van der Waals surface area contributed by atoms with Crippen LogP contribution >= 0.6 is 23.1 Å². The van der Waals surface area contributed by atoms with E-state index in [1.165, 1.54) is 0 Å². The number of nitrogens with zero attached hydrogens (tertiary/aromatic N) is 6. The lowest BCUT2D eigenvalue weighted by Crippen LogP contribution is -2.38. The minimum atomic E-state index is -3.82. The van der Waals surface area contributed by atoms with Gasteiger partial charge in [0.15, 0.2) is 11.0 Å². The number of rotatable bonds is 6. The number of thiophene rings is 1. The zero-order valence-electron chi connectivity index (χ0n) is 16.1. The predicted octanol–water partition coefficient (Wildman–Crippen LogP) is 1.98. The fourth-order valence-electron chi connectivity index (χ4n) is 2.78. The van der Waals surface area contributed by atoms with Crippen LogP contribution < -0.4 is 4.31 Å². The molecule has 1 amide bonds. The van der Waals surface area contributed by atoms with E-state index in [2.05, 4.69) is 15.3 Å². The van der Waals surface area contributed by atoms with E-state index in [4.69, 9.17) is 0 Å². The summed E-state index contributed by atoms with van der Waals surface area (Å²) in [7, 11) is -0.301. The van der Waals surface area contributed by atoms with Crippen LogP contribution in [-0.2, 0) is 28.9 Å². The lowest BCUT2D eigenvalue weighted by Gasteiger charge is -2.20. The standard InChI is InChI=1S/C16H20N6O3S3/c1-10-14(11(2)21(4)19-10)22(28(5,24)25)13(23)9-27-16-18-17-15(20(16)3)12-7-6-8-26-12/h6-8H,9H2,1-5H3. The predicted molar refractivity (Wildman–Crippen MR) is 110 cm³/mol. The Morgan fingerprint density at radius 3 is 2.54 bits per heavy atom. The van der Waals surface area contributed by atoms with Gasteiger partial charge in [-0.1, -0.05) is 17.8 Å². The van der Waals surface area contributed by atoms with E-state index in [0.717, 1.165) is 27.2 Å². The van der Waals surface area contributed by atoms with Gasteiger partial charge >= 0.3 is 0 Å². The highest BCUT2D eigenvalue weighted by Gasteiger charge is 2.30. The molecule has 0 unspecified atom stereocenters. The molecule has 0 saturated heterocycles. The zero-order valence-corrected chi connectivity index (χ0v) is 18.5. The van der Waals surface area contributed by atoms with Crippen LogP contribution in [-0.4, -0.2) is 50.9 Å². The molecule has 3 rings (SSSR count). The smallest absolute Gasteiger partial charge is 0.251 e. The Morgan fingerprint density at radius 1 is 1.29 bits per heavy atom. The summed E-state index contributed by atoms with van der Waals surface area (Å²) >= 11 is 2.68. The number of hydrogen-bond acceptors (Lipinski definition) is 8. The number of hydrogen-bond donors (Lipinski definition) is 0. The molecule has 0 atom stereocenters. The van der Waals surface area contributed by atoms with E-state index in [9.17, 15) is 13.2 Å². The van der Waals surface area contributed by atoms with E-state index < -0.39 is 15.9 Å². The van der Waals surface area contributed by atoms with Crippen molar-refractivity contribution in [3.63, 3.8) is 0 Å². The highest BCUT2D eigenvalue weighted by atomic mass is 32.2. The van der Waals surface area contributed by atoms with Crippen molar-refractivity contribution >= 4 is 44.7 Å². The largest absolute Gasteiger partial charge is 0.304 e. The summed E-state index contributed by atoms with van der Waals surface area (Å²) in [6, 6.07) is 3.86. The SMILES string of the molecule is Cc1nn(C)c(C)c1N(C(=O)CSc1nnc(-c2cccs2)n1C)S(C)(=O)=O. The van der Waals surface area contributed by atoms with Crippen LogP contribution in [0.2, 0.25) is 0 Å². The summed E-state index contributed by atoms with van der Waals surface area (Å²) in [5.41, 5.74) is 1.37. The van der Waals surface area contributed by atoms with Gasteiger partial charge in [0.25, 0.3) is 5.91 Å². The number of aryl methyl sites for hydroxylation is 2. The van der Waals surface area contributed by atoms with Crippen LogP contribution in [0.15, 0.2) is 22.7 Å². The Bertz CT molecular complexity index is 1120. The van der Waals surface area contributed by atoms with Gasteiger partial charge in [-0.3, -0.25) is 9.48 Å². The van der Waals surface area contributed by atoms with Gasteiger partial charge in [-0.15, -0.1) is 21.5 Å². The van der Waals surface area contributed by atoms with Gasteiger partial charge in [0.1, 0.15) is 5.69 Å². The van der Waals surface area contributed by atoms with Crippen LogP contribution in [0.1, 0.15) is 11.4 Å². The number of amides is 1. The third-order valence-electron chi connectivity index (χ3n) is 4.13. The van der Waals surface area contributed by atoms with Crippen molar-refractivity contribution in [2.24, 2.45) is 14.1 Å². The first-order chi connectivity index (χ1) is 13.1. The van der Waals surface area contributed by atoms with Gasteiger partial charge in [0, 0.05) is 14.1 Å². The minimum Gasteiger partial charge on any atom is -0.304 e. The molecule has 0 aliphatic carbocycles. The van der Waals surface area contributed by atoms with Crippen LogP contribution in [0.4, 0.5) is 5.69 Å². The topological polar surface area (TPSA) is 103 Å². The molecule has 0 aromatic carbocycles. The van der Waals surface area contributed by atoms with Gasteiger partial charge < -0.3 is 4.57 Å². The fraction of sp³-hybridized carbons (Fsp3) is 0.375. The minimum absolute atomic E-state index is 0.0999. The number of sulfonamides is 1. The maximum absolute atomic E-state index is 12.9. The summed E-state index contributed by atoms with van der Waals surface area (Å²) in [6.45, 7) is 3.40. The second-order valence-corrected chi connectivity index (χ2v) is 9.92. The van der Waals surface area contributed by atoms with Crippen LogP contribution in [0, 0.1) is 13.8 Å². The molecule has 0 radical (unpaired) electrons. The van der Waals surface area contributed by atoms with Crippen LogP contribution in [0.5, 0.6) is 0 Å². The Morgan fingerprint density at radius 2 is 2.00 bits per heavy atom. The first-order valence-corrected chi connectivity index (χ1v) is 11.9. The number of anilines is 1. The van der Waals surface area contributed by atoms with E-state index >= 15 is 0 Å². The maximum Gasteiger partial charge on any atom is 0.251 e. The third-order valence-corrected chi connectivity index (χ3v) is 7.05.